The number of hydrogen-bond acceptors (Lipinski definition) is 4. The molecule has 0 aromatic heterocycles. The fourth-order valence-electron chi connectivity index (χ4n) is 0.641. The molecule has 13 heavy (non-hydrogen) atoms. The van der Waals surface area contributed by atoms with Crippen LogP contribution in [-0.2, 0) is 9.53 Å². The predicted molar refractivity (Wildman–Crippen MR) is 56.7 cm³/mol. The molecular weight excluding hydrogens is 186 g/mol. The van der Waals surface area contributed by atoms with E-state index in [4.69, 9.17) is 10.5 Å². The Kier molecular flexibility index (Phi) is 6.72. The highest BCUT2D eigenvalue weighted by Gasteiger charge is 2.14. The summed E-state index contributed by atoms with van der Waals surface area (Å²) in [5, 5.41) is 0.320. The topological polar surface area (TPSA) is 52.3 Å². The van der Waals surface area contributed by atoms with Crippen molar-refractivity contribution in [1.82, 2.24) is 0 Å². The molecule has 0 amide bonds. The van der Waals surface area contributed by atoms with Crippen molar-refractivity contribution in [3.63, 3.8) is 0 Å². The van der Waals surface area contributed by atoms with Crippen LogP contribution in [0.25, 0.3) is 0 Å². The number of thioether (sulfide) groups is 1. The molecule has 0 aromatic carbocycles. The first kappa shape index (κ1) is 12.5. The molecule has 0 saturated heterocycles. The Bertz CT molecular complexity index is 173. The van der Waals surface area contributed by atoms with E-state index in [1.54, 1.807) is 18.7 Å². The Morgan fingerprint density at radius 2 is 2.38 bits per heavy atom. The maximum absolute atomic E-state index is 11.1. The fraction of sp³-hybridized carbons (Fsp3) is 0.667. The quantitative estimate of drug-likeness (QED) is 0.520. The van der Waals surface area contributed by atoms with Crippen LogP contribution in [0.3, 0.4) is 0 Å². The van der Waals surface area contributed by atoms with Gasteiger partial charge in [0, 0.05) is 11.0 Å². The van der Waals surface area contributed by atoms with Crippen molar-refractivity contribution in [2.45, 2.75) is 25.1 Å². The number of nitrogens with two attached hydrogens (primary N) is 1. The van der Waals surface area contributed by atoms with Crippen LogP contribution in [0.2, 0.25) is 0 Å². The zero-order valence-electron chi connectivity index (χ0n) is 8.16. The van der Waals surface area contributed by atoms with Gasteiger partial charge < -0.3 is 10.5 Å². The molecular formula is C9H17NO2S. The molecule has 0 rings (SSSR count). The van der Waals surface area contributed by atoms with Gasteiger partial charge in [0.1, 0.15) is 6.04 Å². The van der Waals surface area contributed by atoms with Gasteiger partial charge in [0.05, 0.1) is 6.61 Å². The second kappa shape index (κ2) is 6.97. The van der Waals surface area contributed by atoms with Crippen LogP contribution in [0.4, 0.5) is 0 Å². The molecule has 0 radical (unpaired) electrons. The maximum Gasteiger partial charge on any atom is 0.323 e. The Morgan fingerprint density at radius 1 is 1.77 bits per heavy atom. The van der Waals surface area contributed by atoms with Gasteiger partial charge in [-0.3, -0.25) is 4.79 Å². The van der Waals surface area contributed by atoms with Crippen LogP contribution in [0.1, 0.15) is 13.8 Å². The average Bonchev–Trinajstić information content (AvgIpc) is 2.13. The summed E-state index contributed by atoms with van der Waals surface area (Å²) >= 11 is 1.59. The first-order chi connectivity index (χ1) is 6.11. The molecule has 2 atom stereocenters. The molecule has 76 valence electrons. The lowest BCUT2D eigenvalue weighted by Crippen LogP contribution is -2.35. The molecule has 0 aliphatic rings. The van der Waals surface area contributed by atoms with Crippen molar-refractivity contribution in [3.05, 3.63) is 12.7 Å². The second-order valence-electron chi connectivity index (χ2n) is 2.63. The molecule has 2 N–H and O–H groups in total. The third kappa shape index (κ3) is 5.71. The van der Waals surface area contributed by atoms with E-state index in [1.165, 1.54) is 0 Å². The molecule has 3 nitrogen and oxygen atoms in total. The summed E-state index contributed by atoms with van der Waals surface area (Å²) in [6.45, 7) is 7.80. The largest absolute Gasteiger partial charge is 0.465 e. The van der Waals surface area contributed by atoms with E-state index in [9.17, 15) is 4.79 Å². The van der Waals surface area contributed by atoms with Gasteiger partial charge in [0.2, 0.25) is 0 Å². The van der Waals surface area contributed by atoms with E-state index in [2.05, 4.69) is 6.58 Å². The highest BCUT2D eigenvalue weighted by Crippen LogP contribution is 2.11. The van der Waals surface area contributed by atoms with E-state index >= 15 is 0 Å². The van der Waals surface area contributed by atoms with Crippen LogP contribution in [0, 0.1) is 0 Å². The van der Waals surface area contributed by atoms with E-state index in [1.807, 2.05) is 13.0 Å². The van der Waals surface area contributed by atoms with Crippen LogP contribution >= 0.6 is 11.8 Å². The number of carbonyl (C=O) groups excluding carboxylic acids is 1. The average molecular weight is 203 g/mol. The number of carbonyl (C=O) groups is 1. The summed E-state index contributed by atoms with van der Waals surface area (Å²) in [6, 6.07) is -0.521. The van der Waals surface area contributed by atoms with Crippen molar-refractivity contribution >= 4 is 17.7 Å². The lowest BCUT2D eigenvalue weighted by molar-refractivity contribution is -0.144. The molecule has 0 aliphatic heterocycles. The van der Waals surface area contributed by atoms with E-state index in [0.717, 1.165) is 0 Å². The van der Waals surface area contributed by atoms with Crippen molar-refractivity contribution in [2.24, 2.45) is 5.73 Å². The standard InChI is InChI=1S/C9H17NO2S/c1-4-7(3)13-6-8(10)9(11)12-5-2/h4,7-8H,1,5-6,10H2,2-3H3. The van der Waals surface area contributed by atoms with Crippen molar-refractivity contribution in [1.29, 1.82) is 0 Å². The van der Waals surface area contributed by atoms with Crippen LogP contribution in [-0.4, -0.2) is 29.6 Å². The summed E-state index contributed by atoms with van der Waals surface area (Å²) in [7, 11) is 0. The first-order valence-electron chi connectivity index (χ1n) is 4.28. The Balaban J connectivity index is 3.66. The zero-order chi connectivity index (χ0) is 10.3. The minimum atomic E-state index is -0.521. The van der Waals surface area contributed by atoms with Crippen LogP contribution in [0.5, 0.6) is 0 Å². The smallest absolute Gasteiger partial charge is 0.323 e. The van der Waals surface area contributed by atoms with E-state index in [-0.39, 0.29) is 5.97 Å². The predicted octanol–water partition coefficient (Wildman–Crippen LogP) is 1.18. The third-order valence-electron chi connectivity index (χ3n) is 1.46. The van der Waals surface area contributed by atoms with Gasteiger partial charge in [0.15, 0.2) is 0 Å². The minimum Gasteiger partial charge on any atom is -0.465 e. The summed E-state index contributed by atoms with van der Waals surface area (Å²) in [5.74, 6) is 0.248. The van der Waals surface area contributed by atoms with Crippen molar-refractivity contribution in [3.8, 4) is 0 Å². The second-order valence-corrected chi connectivity index (χ2v) is 4.04. The van der Waals surface area contributed by atoms with Gasteiger partial charge in [-0.1, -0.05) is 6.08 Å². The molecule has 0 bridgehead atoms. The monoisotopic (exact) mass is 203 g/mol. The Labute approximate surface area is 83.7 Å². The molecule has 0 aliphatic carbocycles. The molecule has 2 unspecified atom stereocenters. The molecule has 0 spiro atoms. The summed E-state index contributed by atoms with van der Waals surface area (Å²) < 4.78 is 4.77. The number of ether oxygens (including phenoxy) is 1. The van der Waals surface area contributed by atoms with E-state index in [0.29, 0.717) is 17.6 Å². The maximum atomic E-state index is 11.1. The molecule has 4 heteroatoms. The number of hydrogen-bond donors (Lipinski definition) is 1. The van der Waals surface area contributed by atoms with Crippen molar-refractivity contribution in [2.75, 3.05) is 12.4 Å². The minimum absolute atomic E-state index is 0.320. The molecule has 0 fully saturated rings. The highest BCUT2D eigenvalue weighted by atomic mass is 32.2. The van der Waals surface area contributed by atoms with Gasteiger partial charge in [0.25, 0.3) is 0 Å². The third-order valence-corrected chi connectivity index (χ3v) is 2.73. The first-order valence-corrected chi connectivity index (χ1v) is 5.33. The Hall–Kier alpha value is -0.480. The lowest BCUT2D eigenvalue weighted by Gasteiger charge is -2.11. The SMILES string of the molecule is C=CC(C)SCC(N)C(=O)OCC. The van der Waals surface area contributed by atoms with E-state index < -0.39 is 6.04 Å². The fourth-order valence-corrected chi connectivity index (χ4v) is 1.42. The zero-order valence-corrected chi connectivity index (χ0v) is 8.97. The molecule has 0 saturated carbocycles. The summed E-state index contributed by atoms with van der Waals surface area (Å²) in [5.41, 5.74) is 5.58. The van der Waals surface area contributed by atoms with Crippen LogP contribution in [0.15, 0.2) is 12.7 Å². The highest BCUT2D eigenvalue weighted by molar-refractivity contribution is 8.00. The van der Waals surface area contributed by atoms with Gasteiger partial charge in [-0.15, -0.1) is 6.58 Å². The van der Waals surface area contributed by atoms with Gasteiger partial charge in [-0.25, -0.2) is 0 Å². The molecule has 0 aromatic rings. The van der Waals surface area contributed by atoms with Crippen molar-refractivity contribution < 1.29 is 9.53 Å². The van der Waals surface area contributed by atoms with Gasteiger partial charge in [-0.05, 0) is 13.8 Å². The number of esters is 1. The lowest BCUT2D eigenvalue weighted by atomic mass is 10.4. The van der Waals surface area contributed by atoms with Gasteiger partial charge in [-0.2, -0.15) is 11.8 Å². The molecule has 0 heterocycles. The normalized spacial score (nSPS) is 14.7. The summed E-state index contributed by atoms with van der Waals surface area (Å²) in [4.78, 5) is 11.1. The summed E-state index contributed by atoms with van der Waals surface area (Å²) in [6.07, 6.45) is 1.82. The number of rotatable bonds is 6. The van der Waals surface area contributed by atoms with Crippen LogP contribution < -0.4 is 5.73 Å². The van der Waals surface area contributed by atoms with Gasteiger partial charge >= 0.3 is 5.97 Å². The Morgan fingerprint density at radius 3 is 2.85 bits per heavy atom.